The van der Waals surface area contributed by atoms with Crippen LogP contribution in [0.5, 0.6) is 0 Å². The van der Waals surface area contributed by atoms with Gasteiger partial charge in [-0.15, -0.1) is 11.3 Å². The molecule has 0 atom stereocenters. The predicted molar refractivity (Wildman–Crippen MR) is 231 cm³/mol. The summed E-state index contributed by atoms with van der Waals surface area (Å²) in [7, 11) is 0. The van der Waals surface area contributed by atoms with Crippen molar-refractivity contribution in [2.75, 3.05) is 0 Å². The third-order valence-corrected chi connectivity index (χ3v) is 12.3. The van der Waals surface area contributed by atoms with E-state index in [0.29, 0.717) is 17.5 Å². The Morgan fingerprint density at radius 3 is 1.69 bits per heavy atom. The van der Waals surface area contributed by atoms with Crippen molar-refractivity contribution >= 4 is 63.8 Å². The largest absolute Gasteiger partial charge is 0.208 e. The molecule has 2 heterocycles. The molecule has 11 aromatic rings. The van der Waals surface area contributed by atoms with E-state index >= 15 is 0 Å². The lowest BCUT2D eigenvalue weighted by atomic mass is 9.92. The second-order valence-corrected chi connectivity index (χ2v) is 15.4. The summed E-state index contributed by atoms with van der Waals surface area (Å²) in [5.41, 5.74) is 10.5. The van der Waals surface area contributed by atoms with Gasteiger partial charge in [-0.2, -0.15) is 0 Å². The van der Waals surface area contributed by atoms with Crippen LogP contribution in [0.2, 0.25) is 0 Å². The fraction of sp³-hybridized carbons (Fsp3) is 0. The Balaban J connectivity index is 1.09. The average molecular weight is 716 g/mol. The van der Waals surface area contributed by atoms with Crippen LogP contribution in [0.4, 0.5) is 0 Å². The van der Waals surface area contributed by atoms with Crippen LogP contribution in [0.1, 0.15) is 0 Å². The second-order valence-electron chi connectivity index (χ2n) is 14.4. The van der Waals surface area contributed by atoms with Crippen molar-refractivity contribution in [2.24, 2.45) is 0 Å². The number of aromatic nitrogens is 3. The van der Waals surface area contributed by atoms with Crippen LogP contribution in [0.15, 0.2) is 176 Å². The normalized spacial score (nSPS) is 12.0. The minimum absolute atomic E-state index is 0.648. The van der Waals surface area contributed by atoms with Crippen molar-refractivity contribution in [3.8, 4) is 67.5 Å². The van der Waals surface area contributed by atoms with Gasteiger partial charge in [-0.25, -0.2) is 15.0 Å². The lowest BCUT2D eigenvalue weighted by Gasteiger charge is -2.14. The highest BCUT2D eigenvalue weighted by Gasteiger charge is 2.24. The molecule has 55 heavy (non-hydrogen) atoms. The first-order valence-corrected chi connectivity index (χ1v) is 19.4. The SMILES string of the molecule is c1ccc(-c2nc(-c3ccc4ccccc4c3)nc(-c3cc(-c4cccc5sc6cc7c(cc6c45)-c4cccc5cccc-7c45)c4ccccc4c3)n2)cc1. The van der Waals surface area contributed by atoms with Crippen molar-refractivity contribution in [1.29, 1.82) is 0 Å². The smallest absolute Gasteiger partial charge is 0.164 e. The summed E-state index contributed by atoms with van der Waals surface area (Å²) in [5, 5.41) is 9.90. The summed E-state index contributed by atoms with van der Waals surface area (Å²) in [5.74, 6) is 1.95. The van der Waals surface area contributed by atoms with Crippen LogP contribution in [0.25, 0.3) is 120 Å². The van der Waals surface area contributed by atoms with Crippen LogP contribution < -0.4 is 0 Å². The minimum atomic E-state index is 0.648. The van der Waals surface area contributed by atoms with E-state index in [9.17, 15) is 0 Å². The van der Waals surface area contributed by atoms with E-state index in [2.05, 4.69) is 158 Å². The molecule has 2 aromatic heterocycles. The van der Waals surface area contributed by atoms with Gasteiger partial charge >= 0.3 is 0 Å². The molecular weight excluding hydrogens is 687 g/mol. The van der Waals surface area contributed by atoms with Gasteiger partial charge in [-0.3, -0.25) is 0 Å². The number of nitrogens with zero attached hydrogens (tertiary/aromatic N) is 3. The number of rotatable bonds is 4. The second kappa shape index (κ2) is 11.7. The molecule has 0 fully saturated rings. The molecule has 3 nitrogen and oxygen atoms in total. The van der Waals surface area contributed by atoms with Crippen LogP contribution >= 0.6 is 11.3 Å². The van der Waals surface area contributed by atoms with Gasteiger partial charge in [0.25, 0.3) is 0 Å². The summed E-state index contributed by atoms with van der Waals surface area (Å²) in [6, 6.07) is 63.2. The van der Waals surface area contributed by atoms with Gasteiger partial charge in [-0.05, 0) is 102 Å². The summed E-state index contributed by atoms with van der Waals surface area (Å²) >= 11 is 1.88. The molecule has 0 bridgehead atoms. The van der Waals surface area contributed by atoms with Gasteiger partial charge in [0.15, 0.2) is 17.5 Å². The number of thiophene rings is 1. The highest BCUT2D eigenvalue weighted by molar-refractivity contribution is 7.26. The van der Waals surface area contributed by atoms with Crippen molar-refractivity contribution in [3.05, 3.63) is 176 Å². The standard InChI is InChI=1S/C51H29N3S/c1-2-12-32(13-3-1)49-52-50(35-24-23-30-11-4-5-14-33(30)25-35)54-51(53-49)36-26-34-15-6-7-18-37(34)41(27-36)40-21-10-22-45-48(40)44-28-42-38-19-8-16-31-17-9-20-39(47(31)38)43(42)29-46(44)55-45/h1-29H. The zero-order chi connectivity index (χ0) is 36.0. The lowest BCUT2D eigenvalue weighted by Crippen LogP contribution is -2.00. The Morgan fingerprint density at radius 1 is 0.291 bits per heavy atom. The van der Waals surface area contributed by atoms with E-state index in [-0.39, 0.29) is 0 Å². The number of fused-ring (bicyclic) bond motifs is 8. The Bertz CT molecular complexity index is 3380. The maximum Gasteiger partial charge on any atom is 0.164 e. The predicted octanol–water partition coefficient (Wildman–Crippen LogP) is 14.0. The monoisotopic (exact) mass is 715 g/mol. The van der Waals surface area contributed by atoms with Gasteiger partial charge in [0.1, 0.15) is 0 Å². The Kier molecular flexibility index (Phi) is 6.50. The van der Waals surface area contributed by atoms with Crippen molar-refractivity contribution < 1.29 is 0 Å². The molecule has 0 aliphatic heterocycles. The highest BCUT2D eigenvalue weighted by atomic mass is 32.1. The van der Waals surface area contributed by atoms with Crippen LogP contribution in [-0.2, 0) is 0 Å². The fourth-order valence-electron chi connectivity index (χ4n) is 8.67. The molecule has 1 aliphatic rings. The van der Waals surface area contributed by atoms with Crippen LogP contribution in [0, 0.1) is 0 Å². The molecular formula is C51H29N3S. The van der Waals surface area contributed by atoms with Crippen LogP contribution in [-0.4, -0.2) is 15.0 Å². The highest BCUT2D eigenvalue weighted by Crippen LogP contribution is 2.51. The average Bonchev–Trinajstić information content (AvgIpc) is 3.78. The molecule has 0 saturated heterocycles. The molecule has 1 aliphatic carbocycles. The molecule has 0 radical (unpaired) electrons. The Morgan fingerprint density at radius 2 is 0.891 bits per heavy atom. The van der Waals surface area contributed by atoms with Crippen molar-refractivity contribution in [3.63, 3.8) is 0 Å². The van der Waals surface area contributed by atoms with Gasteiger partial charge in [0.05, 0.1) is 0 Å². The van der Waals surface area contributed by atoms with Crippen molar-refractivity contribution in [1.82, 2.24) is 15.0 Å². The Labute approximate surface area is 320 Å². The molecule has 0 amide bonds. The topological polar surface area (TPSA) is 38.7 Å². The zero-order valence-electron chi connectivity index (χ0n) is 29.5. The van der Waals surface area contributed by atoms with E-state index in [0.717, 1.165) is 27.5 Å². The van der Waals surface area contributed by atoms with Gasteiger partial charge in [0, 0.05) is 36.9 Å². The summed E-state index contributed by atoms with van der Waals surface area (Å²) in [6.07, 6.45) is 0. The van der Waals surface area contributed by atoms with E-state index in [1.165, 1.54) is 75.1 Å². The van der Waals surface area contributed by atoms with Gasteiger partial charge < -0.3 is 0 Å². The number of benzene rings is 9. The van der Waals surface area contributed by atoms with E-state index < -0.39 is 0 Å². The first-order chi connectivity index (χ1) is 27.2. The van der Waals surface area contributed by atoms with Crippen molar-refractivity contribution in [2.45, 2.75) is 0 Å². The van der Waals surface area contributed by atoms with E-state index in [1.807, 2.05) is 29.5 Å². The molecule has 0 unspecified atom stereocenters. The number of hydrogen-bond acceptors (Lipinski definition) is 4. The minimum Gasteiger partial charge on any atom is -0.208 e. The zero-order valence-corrected chi connectivity index (χ0v) is 30.3. The first kappa shape index (κ1) is 30.5. The molecule has 4 heteroatoms. The molecule has 12 rings (SSSR count). The fourth-order valence-corrected chi connectivity index (χ4v) is 9.83. The molecule has 9 aromatic carbocycles. The molecule has 0 spiro atoms. The maximum atomic E-state index is 5.21. The van der Waals surface area contributed by atoms with Gasteiger partial charge in [0.2, 0.25) is 0 Å². The van der Waals surface area contributed by atoms with Crippen LogP contribution in [0.3, 0.4) is 0 Å². The van der Waals surface area contributed by atoms with Gasteiger partial charge in [-0.1, -0.05) is 140 Å². The molecule has 0 N–H and O–H groups in total. The van der Waals surface area contributed by atoms with E-state index in [1.54, 1.807) is 0 Å². The quantitative estimate of drug-likeness (QED) is 0.182. The third kappa shape index (κ3) is 4.72. The maximum absolute atomic E-state index is 5.21. The van der Waals surface area contributed by atoms with E-state index in [4.69, 9.17) is 15.0 Å². The third-order valence-electron chi connectivity index (χ3n) is 11.2. The summed E-state index contributed by atoms with van der Waals surface area (Å²) in [4.78, 5) is 15.4. The number of hydrogen-bond donors (Lipinski definition) is 0. The summed E-state index contributed by atoms with van der Waals surface area (Å²) in [6.45, 7) is 0. The lowest BCUT2D eigenvalue weighted by molar-refractivity contribution is 1.08. The molecule has 254 valence electrons. The molecule has 0 saturated carbocycles. The summed E-state index contributed by atoms with van der Waals surface area (Å²) < 4.78 is 2.58. The Hall–Kier alpha value is -7.01. The first-order valence-electron chi connectivity index (χ1n) is 18.6.